The molecular weight excluding hydrogens is 504 g/mol. The van der Waals surface area contributed by atoms with Gasteiger partial charge in [-0.15, -0.1) is 10.2 Å². The Labute approximate surface area is 217 Å². The topological polar surface area (TPSA) is 118 Å². The van der Waals surface area contributed by atoms with E-state index < -0.39 is 10.9 Å². The summed E-state index contributed by atoms with van der Waals surface area (Å²) in [4.78, 5) is 27.6. The number of carboxylic acids is 1. The highest BCUT2D eigenvalue weighted by Gasteiger charge is 2.24. The molecule has 0 spiro atoms. The number of anilines is 1. The summed E-state index contributed by atoms with van der Waals surface area (Å²) in [7, 11) is 2.02. The Balaban J connectivity index is 1.64. The maximum absolute atomic E-state index is 12.1. The third-order valence-electron chi connectivity index (χ3n) is 5.89. The molecule has 0 unspecified atom stereocenters. The predicted octanol–water partition coefficient (Wildman–Crippen LogP) is 4.50. The van der Waals surface area contributed by atoms with Crippen LogP contribution >= 0.6 is 23.4 Å². The second-order valence-corrected chi connectivity index (χ2v) is 9.71. The number of piperazine rings is 1. The zero-order chi connectivity index (χ0) is 25.8. The first-order valence-electron chi connectivity index (χ1n) is 11.3. The Morgan fingerprint density at radius 2 is 1.86 bits per heavy atom. The first-order valence-corrected chi connectivity index (χ1v) is 12.5. The summed E-state index contributed by atoms with van der Waals surface area (Å²) >= 11 is 6.93. The SMILES string of the molecule is CCn1c(S/C(=C/c2ccc(N3CCN(C)CC3)c([N+](=O)[O-])c2)C(=O)O)nnc1-c1ccc(Cl)cc1. The molecule has 3 aromatic rings. The highest BCUT2D eigenvalue weighted by Crippen LogP contribution is 2.34. The number of hydrogen-bond donors (Lipinski definition) is 1. The second-order valence-electron chi connectivity index (χ2n) is 8.27. The standard InChI is InChI=1S/C24H25ClN6O4S/c1-3-30-22(17-5-7-18(25)8-6-17)26-27-24(30)36-21(23(32)33)15-16-4-9-19(20(14-16)31(34)35)29-12-10-28(2)11-13-29/h4-9,14-15H,3,10-13H2,1-2H3,(H,32,33)/b21-15+. The Morgan fingerprint density at radius 1 is 1.17 bits per heavy atom. The molecule has 12 heteroatoms. The van der Waals surface area contributed by atoms with E-state index in [4.69, 9.17) is 11.6 Å². The Kier molecular flexibility index (Phi) is 7.92. The summed E-state index contributed by atoms with van der Waals surface area (Å²) in [5.74, 6) is -0.571. The van der Waals surface area contributed by atoms with Gasteiger partial charge in [0.15, 0.2) is 11.0 Å². The normalized spacial score (nSPS) is 14.8. The molecule has 2 heterocycles. The van der Waals surface area contributed by atoms with Crippen LogP contribution in [0.5, 0.6) is 0 Å². The van der Waals surface area contributed by atoms with Gasteiger partial charge in [-0.3, -0.25) is 10.1 Å². The lowest BCUT2D eigenvalue weighted by Crippen LogP contribution is -2.44. The van der Waals surface area contributed by atoms with Gasteiger partial charge in [0.05, 0.1) is 4.92 Å². The Hall–Kier alpha value is -3.41. The molecule has 188 valence electrons. The molecule has 0 radical (unpaired) electrons. The van der Waals surface area contributed by atoms with E-state index in [0.29, 0.717) is 46.9 Å². The van der Waals surface area contributed by atoms with Crippen LogP contribution in [0.2, 0.25) is 5.02 Å². The van der Waals surface area contributed by atoms with Crippen molar-refractivity contribution in [2.45, 2.75) is 18.6 Å². The Bertz CT molecular complexity index is 1300. The van der Waals surface area contributed by atoms with Gasteiger partial charge in [-0.1, -0.05) is 17.7 Å². The summed E-state index contributed by atoms with van der Waals surface area (Å²) in [5, 5.41) is 31.1. The average molecular weight is 529 g/mol. The van der Waals surface area contributed by atoms with E-state index in [2.05, 4.69) is 15.1 Å². The molecule has 0 amide bonds. The van der Waals surface area contributed by atoms with Gasteiger partial charge in [0.25, 0.3) is 5.69 Å². The van der Waals surface area contributed by atoms with E-state index in [-0.39, 0.29) is 10.6 Å². The lowest BCUT2D eigenvalue weighted by molar-refractivity contribution is -0.384. The number of aromatic nitrogens is 3. The van der Waals surface area contributed by atoms with Gasteiger partial charge < -0.3 is 19.5 Å². The summed E-state index contributed by atoms with van der Waals surface area (Å²) in [5.41, 5.74) is 1.71. The van der Waals surface area contributed by atoms with Crippen LogP contribution in [0, 0.1) is 10.1 Å². The van der Waals surface area contributed by atoms with E-state index >= 15 is 0 Å². The van der Waals surface area contributed by atoms with Crippen molar-refractivity contribution >= 4 is 46.8 Å². The zero-order valence-electron chi connectivity index (χ0n) is 19.8. The number of halogens is 1. The van der Waals surface area contributed by atoms with Crippen LogP contribution in [0.3, 0.4) is 0 Å². The molecule has 1 fully saturated rings. The summed E-state index contributed by atoms with van der Waals surface area (Å²) in [6.07, 6.45) is 1.42. The second kappa shape index (κ2) is 11.1. The van der Waals surface area contributed by atoms with Crippen LogP contribution in [-0.4, -0.2) is 68.9 Å². The molecule has 1 aromatic heterocycles. The number of nitro benzene ring substituents is 1. The van der Waals surface area contributed by atoms with Crippen LogP contribution in [0.1, 0.15) is 12.5 Å². The fourth-order valence-corrected chi connectivity index (χ4v) is 4.95. The van der Waals surface area contributed by atoms with Crippen molar-refractivity contribution < 1.29 is 14.8 Å². The lowest BCUT2D eigenvalue weighted by Gasteiger charge is -2.33. The van der Waals surface area contributed by atoms with Gasteiger partial charge >= 0.3 is 5.97 Å². The molecule has 0 bridgehead atoms. The van der Waals surface area contributed by atoms with Crippen molar-refractivity contribution in [3.63, 3.8) is 0 Å². The molecule has 1 aliphatic rings. The molecule has 2 aromatic carbocycles. The molecule has 10 nitrogen and oxygen atoms in total. The van der Waals surface area contributed by atoms with Crippen molar-refractivity contribution in [2.24, 2.45) is 0 Å². The number of carbonyl (C=O) groups is 1. The van der Waals surface area contributed by atoms with Crippen molar-refractivity contribution in [2.75, 3.05) is 38.1 Å². The van der Waals surface area contributed by atoms with Crippen molar-refractivity contribution in [1.82, 2.24) is 19.7 Å². The van der Waals surface area contributed by atoms with Gasteiger partial charge in [0, 0.05) is 49.4 Å². The Morgan fingerprint density at radius 3 is 2.47 bits per heavy atom. The number of nitrogens with zero attached hydrogens (tertiary/aromatic N) is 6. The fourth-order valence-electron chi connectivity index (χ4n) is 3.94. The largest absolute Gasteiger partial charge is 0.477 e. The first-order chi connectivity index (χ1) is 17.3. The highest BCUT2D eigenvalue weighted by atomic mass is 35.5. The number of aliphatic carboxylic acids is 1. The van der Waals surface area contributed by atoms with Gasteiger partial charge in [-0.2, -0.15) is 0 Å². The quantitative estimate of drug-likeness (QED) is 0.195. The molecule has 0 aliphatic carbocycles. The van der Waals surface area contributed by atoms with E-state index in [1.807, 2.05) is 35.6 Å². The van der Waals surface area contributed by atoms with Crippen LogP contribution in [-0.2, 0) is 11.3 Å². The van der Waals surface area contributed by atoms with Crippen molar-refractivity contribution in [3.8, 4) is 11.4 Å². The first kappa shape index (κ1) is 25.7. The molecule has 4 rings (SSSR count). The van der Waals surface area contributed by atoms with Crippen LogP contribution in [0.15, 0.2) is 52.5 Å². The van der Waals surface area contributed by atoms with Gasteiger partial charge in [-0.25, -0.2) is 4.79 Å². The number of likely N-dealkylation sites (N-methyl/N-ethyl adjacent to an activating group) is 1. The lowest BCUT2D eigenvalue weighted by atomic mass is 10.1. The fraction of sp³-hybridized carbons (Fsp3) is 0.292. The third-order valence-corrected chi connectivity index (χ3v) is 7.13. The molecule has 0 atom stereocenters. The van der Waals surface area contributed by atoms with E-state index in [0.717, 1.165) is 30.4 Å². The number of hydrogen-bond acceptors (Lipinski definition) is 8. The van der Waals surface area contributed by atoms with Gasteiger partial charge in [0.2, 0.25) is 0 Å². The molecule has 1 aliphatic heterocycles. The minimum absolute atomic E-state index is 0.0265. The number of thioether (sulfide) groups is 1. The zero-order valence-corrected chi connectivity index (χ0v) is 21.4. The molecule has 1 saturated heterocycles. The van der Waals surface area contributed by atoms with E-state index in [1.165, 1.54) is 12.1 Å². The molecule has 1 N–H and O–H groups in total. The molecule has 36 heavy (non-hydrogen) atoms. The average Bonchev–Trinajstić information content (AvgIpc) is 3.27. The van der Waals surface area contributed by atoms with Gasteiger partial charge in [-0.05, 0) is 67.7 Å². The summed E-state index contributed by atoms with van der Waals surface area (Å²) in [6, 6.07) is 11.9. The van der Waals surface area contributed by atoms with Crippen molar-refractivity contribution in [3.05, 3.63) is 68.1 Å². The number of carboxylic acid groups (broad SMARTS) is 1. The van der Waals surface area contributed by atoms with E-state index in [9.17, 15) is 20.0 Å². The minimum Gasteiger partial charge on any atom is -0.477 e. The summed E-state index contributed by atoms with van der Waals surface area (Å²) < 4.78 is 1.81. The number of nitro groups is 1. The van der Waals surface area contributed by atoms with E-state index in [1.54, 1.807) is 24.3 Å². The smallest absolute Gasteiger partial charge is 0.342 e. The predicted molar refractivity (Wildman–Crippen MR) is 140 cm³/mol. The van der Waals surface area contributed by atoms with Crippen LogP contribution < -0.4 is 4.90 Å². The van der Waals surface area contributed by atoms with Gasteiger partial charge in [0.1, 0.15) is 10.6 Å². The number of rotatable bonds is 8. The monoisotopic (exact) mass is 528 g/mol. The number of benzene rings is 2. The van der Waals surface area contributed by atoms with Crippen LogP contribution in [0.4, 0.5) is 11.4 Å². The van der Waals surface area contributed by atoms with Crippen LogP contribution in [0.25, 0.3) is 17.5 Å². The summed E-state index contributed by atoms with van der Waals surface area (Å²) in [6.45, 7) is 5.43. The third kappa shape index (κ3) is 5.69. The van der Waals surface area contributed by atoms with Crippen molar-refractivity contribution in [1.29, 1.82) is 0 Å². The molecular formula is C24H25ClN6O4S. The highest BCUT2D eigenvalue weighted by molar-refractivity contribution is 8.04. The minimum atomic E-state index is -1.16. The maximum atomic E-state index is 12.1. The molecule has 0 saturated carbocycles. The maximum Gasteiger partial charge on any atom is 0.342 e.